The Morgan fingerprint density at radius 2 is 1.60 bits per heavy atom. The lowest BCUT2D eigenvalue weighted by molar-refractivity contribution is -0.151. The van der Waals surface area contributed by atoms with Crippen molar-refractivity contribution in [2.75, 3.05) is 37.7 Å². The number of carbonyl (C=O) groups excluding carboxylic acids is 2. The fraction of sp³-hybridized carbons (Fsp3) is 0.273. The van der Waals surface area contributed by atoms with E-state index in [4.69, 9.17) is 4.74 Å². The number of benzene rings is 2. The first-order chi connectivity index (χ1) is 14.6. The lowest BCUT2D eigenvalue weighted by Gasteiger charge is -2.36. The number of amides is 1. The molecular weight excluding hydrogens is 384 g/mol. The minimum absolute atomic E-state index is 0.119. The van der Waals surface area contributed by atoms with Crippen LogP contribution in [0.5, 0.6) is 0 Å². The van der Waals surface area contributed by atoms with Gasteiger partial charge < -0.3 is 14.5 Å². The molecule has 0 atom stereocenters. The van der Waals surface area contributed by atoms with Crippen LogP contribution in [0.3, 0.4) is 0 Å². The standard InChI is InChI=1S/C22H22N4O4/c27-20(26-12-10-25(11-13-26)16-6-2-1-3-7-16)15-30-21(28)14-19-17-8-4-5-9-18(17)22(29)24-23-19/h1-9H,10-15H2,(H,24,29). The molecule has 2 aromatic carbocycles. The van der Waals surface area contributed by atoms with Crippen LogP contribution in [-0.4, -0.2) is 59.8 Å². The van der Waals surface area contributed by atoms with E-state index in [0.29, 0.717) is 29.6 Å². The predicted molar refractivity (Wildman–Crippen MR) is 112 cm³/mol. The van der Waals surface area contributed by atoms with Crippen LogP contribution in [0.1, 0.15) is 5.69 Å². The fourth-order valence-corrected chi connectivity index (χ4v) is 3.58. The molecule has 0 bridgehead atoms. The molecule has 1 aromatic heterocycles. The Labute approximate surface area is 173 Å². The number of anilines is 1. The van der Waals surface area contributed by atoms with Crippen LogP contribution >= 0.6 is 0 Å². The molecule has 0 spiro atoms. The predicted octanol–water partition coefficient (Wildman–Crippen LogP) is 1.36. The number of H-pyrrole nitrogens is 1. The largest absolute Gasteiger partial charge is 0.455 e. The lowest BCUT2D eigenvalue weighted by atomic mass is 10.1. The minimum atomic E-state index is -0.559. The summed E-state index contributed by atoms with van der Waals surface area (Å²) < 4.78 is 5.18. The molecule has 8 nitrogen and oxygen atoms in total. The van der Waals surface area contributed by atoms with Crippen molar-refractivity contribution in [1.82, 2.24) is 15.1 Å². The Kier molecular flexibility index (Phi) is 5.74. The monoisotopic (exact) mass is 406 g/mol. The molecule has 1 fully saturated rings. The van der Waals surface area contributed by atoms with E-state index in [0.717, 1.165) is 18.8 Å². The summed E-state index contributed by atoms with van der Waals surface area (Å²) >= 11 is 0. The van der Waals surface area contributed by atoms with Gasteiger partial charge in [-0.1, -0.05) is 36.4 Å². The zero-order chi connectivity index (χ0) is 20.9. The molecule has 2 heterocycles. The molecule has 3 aromatic rings. The van der Waals surface area contributed by atoms with Crippen molar-refractivity contribution in [1.29, 1.82) is 0 Å². The van der Waals surface area contributed by atoms with Gasteiger partial charge in [-0.05, 0) is 18.2 Å². The van der Waals surface area contributed by atoms with Gasteiger partial charge in [-0.25, -0.2) is 5.10 Å². The number of aromatic amines is 1. The number of nitrogens with one attached hydrogen (secondary N) is 1. The van der Waals surface area contributed by atoms with Gasteiger partial charge in [0, 0.05) is 37.3 Å². The molecule has 0 radical (unpaired) electrons. The lowest BCUT2D eigenvalue weighted by Crippen LogP contribution is -2.49. The Morgan fingerprint density at radius 1 is 0.933 bits per heavy atom. The smallest absolute Gasteiger partial charge is 0.312 e. The maximum Gasteiger partial charge on any atom is 0.312 e. The van der Waals surface area contributed by atoms with Crippen molar-refractivity contribution in [3.63, 3.8) is 0 Å². The fourth-order valence-electron chi connectivity index (χ4n) is 3.58. The Balaban J connectivity index is 1.29. The molecule has 4 rings (SSSR count). The van der Waals surface area contributed by atoms with Gasteiger partial charge in [-0.3, -0.25) is 14.4 Å². The van der Waals surface area contributed by atoms with Crippen LogP contribution in [0.4, 0.5) is 5.69 Å². The topological polar surface area (TPSA) is 95.6 Å². The van der Waals surface area contributed by atoms with E-state index in [9.17, 15) is 14.4 Å². The van der Waals surface area contributed by atoms with Gasteiger partial charge >= 0.3 is 5.97 Å². The van der Waals surface area contributed by atoms with Gasteiger partial charge in [0.05, 0.1) is 17.5 Å². The number of hydrogen-bond acceptors (Lipinski definition) is 6. The highest BCUT2D eigenvalue weighted by Gasteiger charge is 2.22. The number of esters is 1. The number of fused-ring (bicyclic) bond motifs is 1. The Hall–Kier alpha value is -3.68. The quantitative estimate of drug-likeness (QED) is 0.643. The van der Waals surface area contributed by atoms with Crippen molar-refractivity contribution in [3.05, 3.63) is 70.6 Å². The summed E-state index contributed by atoms with van der Waals surface area (Å²) in [6, 6.07) is 17.0. The van der Waals surface area contributed by atoms with E-state index < -0.39 is 5.97 Å². The maximum atomic E-state index is 12.4. The molecule has 8 heteroatoms. The third-order valence-corrected chi connectivity index (χ3v) is 5.20. The van der Waals surface area contributed by atoms with Crippen LogP contribution < -0.4 is 10.5 Å². The summed E-state index contributed by atoms with van der Waals surface area (Å²) in [5.41, 5.74) is 1.24. The van der Waals surface area contributed by atoms with E-state index in [2.05, 4.69) is 15.1 Å². The number of aromatic nitrogens is 2. The van der Waals surface area contributed by atoms with Crippen LogP contribution in [-0.2, 0) is 20.7 Å². The molecule has 0 unspecified atom stereocenters. The normalized spacial score (nSPS) is 14.0. The number of piperazine rings is 1. The minimum Gasteiger partial charge on any atom is -0.455 e. The van der Waals surface area contributed by atoms with E-state index in [1.807, 2.05) is 30.3 Å². The third-order valence-electron chi connectivity index (χ3n) is 5.20. The molecule has 1 aliphatic rings. The second-order valence-electron chi connectivity index (χ2n) is 7.09. The molecule has 1 N–H and O–H groups in total. The summed E-state index contributed by atoms with van der Waals surface area (Å²) in [5.74, 6) is -0.772. The third kappa shape index (κ3) is 4.32. The van der Waals surface area contributed by atoms with Crippen molar-refractivity contribution in [2.45, 2.75) is 6.42 Å². The van der Waals surface area contributed by atoms with Crippen molar-refractivity contribution in [2.24, 2.45) is 0 Å². The number of ether oxygens (including phenoxy) is 1. The molecule has 0 aliphatic carbocycles. The molecular formula is C22H22N4O4. The van der Waals surface area contributed by atoms with Gasteiger partial charge in [0.25, 0.3) is 11.5 Å². The zero-order valence-electron chi connectivity index (χ0n) is 16.4. The van der Waals surface area contributed by atoms with Gasteiger partial charge in [-0.2, -0.15) is 5.10 Å². The second kappa shape index (κ2) is 8.77. The molecule has 30 heavy (non-hydrogen) atoms. The number of para-hydroxylation sites is 1. The van der Waals surface area contributed by atoms with Crippen LogP contribution in [0, 0.1) is 0 Å². The molecule has 0 saturated carbocycles. The van der Waals surface area contributed by atoms with Gasteiger partial charge in [-0.15, -0.1) is 0 Å². The average Bonchev–Trinajstić information content (AvgIpc) is 2.80. The number of rotatable bonds is 5. The first-order valence-electron chi connectivity index (χ1n) is 9.81. The molecule has 1 saturated heterocycles. The zero-order valence-corrected chi connectivity index (χ0v) is 16.4. The van der Waals surface area contributed by atoms with Gasteiger partial charge in [0.15, 0.2) is 6.61 Å². The van der Waals surface area contributed by atoms with Crippen molar-refractivity contribution in [3.8, 4) is 0 Å². The molecule has 1 amide bonds. The van der Waals surface area contributed by atoms with Crippen LogP contribution in [0.25, 0.3) is 10.8 Å². The SMILES string of the molecule is O=C(Cc1n[nH]c(=O)c2ccccc12)OCC(=O)N1CCN(c2ccccc2)CC1. The Morgan fingerprint density at radius 3 is 2.33 bits per heavy atom. The molecule has 1 aliphatic heterocycles. The highest BCUT2D eigenvalue weighted by Crippen LogP contribution is 2.16. The van der Waals surface area contributed by atoms with Crippen molar-refractivity contribution >= 4 is 28.3 Å². The summed E-state index contributed by atoms with van der Waals surface area (Å²) in [4.78, 5) is 40.4. The summed E-state index contributed by atoms with van der Waals surface area (Å²) in [5, 5.41) is 7.41. The van der Waals surface area contributed by atoms with E-state index >= 15 is 0 Å². The van der Waals surface area contributed by atoms with E-state index in [1.54, 1.807) is 29.2 Å². The van der Waals surface area contributed by atoms with E-state index in [-0.39, 0.29) is 24.5 Å². The molecule has 154 valence electrons. The summed E-state index contributed by atoms with van der Waals surface area (Å²) in [7, 11) is 0. The Bertz CT molecular complexity index is 1100. The average molecular weight is 406 g/mol. The van der Waals surface area contributed by atoms with Crippen LogP contribution in [0.2, 0.25) is 0 Å². The highest BCUT2D eigenvalue weighted by atomic mass is 16.5. The van der Waals surface area contributed by atoms with E-state index in [1.165, 1.54) is 0 Å². The maximum absolute atomic E-state index is 12.4. The highest BCUT2D eigenvalue weighted by molar-refractivity contribution is 5.87. The van der Waals surface area contributed by atoms with Gasteiger partial charge in [0.1, 0.15) is 0 Å². The first-order valence-corrected chi connectivity index (χ1v) is 9.81. The van der Waals surface area contributed by atoms with Crippen LogP contribution in [0.15, 0.2) is 59.4 Å². The summed E-state index contributed by atoms with van der Waals surface area (Å²) in [6.45, 7) is 2.33. The first kappa shape index (κ1) is 19.6. The van der Waals surface area contributed by atoms with Gasteiger partial charge in [0.2, 0.25) is 0 Å². The number of carbonyl (C=O) groups is 2. The number of hydrogen-bond donors (Lipinski definition) is 1. The van der Waals surface area contributed by atoms with Crippen molar-refractivity contribution < 1.29 is 14.3 Å². The second-order valence-corrected chi connectivity index (χ2v) is 7.09. The number of nitrogens with zero attached hydrogens (tertiary/aromatic N) is 3. The summed E-state index contributed by atoms with van der Waals surface area (Å²) in [6.07, 6.45) is -0.119.